The first-order chi connectivity index (χ1) is 6.36. The highest BCUT2D eigenvalue weighted by atomic mass is 15.1. The van der Waals surface area contributed by atoms with Crippen LogP contribution in [0.1, 0.15) is 32.1 Å². The van der Waals surface area contributed by atoms with Crippen LogP contribution in [0.25, 0.3) is 0 Å². The lowest BCUT2D eigenvalue weighted by atomic mass is 10.0. The Labute approximate surface area is 80.1 Å². The second-order valence-corrected chi connectivity index (χ2v) is 3.95. The number of hydrogen-bond donors (Lipinski definition) is 1. The molecular formula is C11H18N2. The summed E-state index contributed by atoms with van der Waals surface area (Å²) in [6.45, 7) is 2.50. The van der Waals surface area contributed by atoms with Gasteiger partial charge in [0.1, 0.15) is 0 Å². The van der Waals surface area contributed by atoms with Crippen LogP contribution in [0.5, 0.6) is 0 Å². The van der Waals surface area contributed by atoms with E-state index in [1.807, 2.05) is 0 Å². The van der Waals surface area contributed by atoms with E-state index in [0.717, 1.165) is 18.5 Å². The molecule has 13 heavy (non-hydrogen) atoms. The van der Waals surface area contributed by atoms with Crippen LogP contribution in [0.4, 0.5) is 0 Å². The van der Waals surface area contributed by atoms with Gasteiger partial charge >= 0.3 is 0 Å². The van der Waals surface area contributed by atoms with E-state index >= 15 is 0 Å². The van der Waals surface area contributed by atoms with Crippen molar-refractivity contribution in [1.82, 2.24) is 4.90 Å². The molecule has 2 aliphatic rings. The fraction of sp³-hybridized carbons (Fsp3) is 0.636. The Balaban J connectivity index is 1.99. The van der Waals surface area contributed by atoms with Crippen molar-refractivity contribution in [3.8, 4) is 0 Å². The van der Waals surface area contributed by atoms with Gasteiger partial charge in [0, 0.05) is 24.5 Å². The van der Waals surface area contributed by atoms with E-state index in [0.29, 0.717) is 0 Å². The van der Waals surface area contributed by atoms with Gasteiger partial charge in [0.2, 0.25) is 0 Å². The van der Waals surface area contributed by atoms with Crippen LogP contribution >= 0.6 is 0 Å². The largest absolute Gasteiger partial charge is 0.402 e. The number of rotatable bonds is 1. The molecule has 0 saturated carbocycles. The SMILES string of the molecule is NC1=CC=C(N2CCCCC2)CC1. The minimum Gasteiger partial charge on any atom is -0.402 e. The maximum atomic E-state index is 5.72. The molecule has 0 unspecified atom stereocenters. The van der Waals surface area contributed by atoms with Crippen molar-refractivity contribution in [3.63, 3.8) is 0 Å². The van der Waals surface area contributed by atoms with Crippen LogP contribution in [0.2, 0.25) is 0 Å². The lowest BCUT2D eigenvalue weighted by Crippen LogP contribution is -2.29. The summed E-state index contributed by atoms with van der Waals surface area (Å²) >= 11 is 0. The van der Waals surface area contributed by atoms with E-state index in [4.69, 9.17) is 5.73 Å². The zero-order valence-corrected chi connectivity index (χ0v) is 8.13. The van der Waals surface area contributed by atoms with Gasteiger partial charge in [0.05, 0.1) is 0 Å². The zero-order chi connectivity index (χ0) is 9.10. The molecule has 0 amide bonds. The van der Waals surface area contributed by atoms with Gasteiger partial charge < -0.3 is 10.6 Å². The van der Waals surface area contributed by atoms with Gasteiger partial charge in [-0.3, -0.25) is 0 Å². The van der Waals surface area contributed by atoms with Gasteiger partial charge in [-0.15, -0.1) is 0 Å². The Morgan fingerprint density at radius 1 is 1.00 bits per heavy atom. The molecule has 0 aromatic heterocycles. The highest BCUT2D eigenvalue weighted by molar-refractivity contribution is 5.21. The zero-order valence-electron chi connectivity index (χ0n) is 8.13. The summed E-state index contributed by atoms with van der Waals surface area (Å²) < 4.78 is 0. The highest BCUT2D eigenvalue weighted by Gasteiger charge is 2.14. The molecular weight excluding hydrogens is 160 g/mol. The van der Waals surface area contributed by atoms with Crippen molar-refractivity contribution in [3.05, 3.63) is 23.5 Å². The van der Waals surface area contributed by atoms with Crippen molar-refractivity contribution in [2.75, 3.05) is 13.1 Å². The van der Waals surface area contributed by atoms with Gasteiger partial charge in [-0.05, 0) is 44.3 Å². The molecule has 0 aromatic rings. The van der Waals surface area contributed by atoms with Gasteiger partial charge in [-0.25, -0.2) is 0 Å². The van der Waals surface area contributed by atoms with E-state index in [1.165, 1.54) is 38.0 Å². The molecule has 2 nitrogen and oxygen atoms in total. The maximum absolute atomic E-state index is 5.72. The molecule has 1 aliphatic carbocycles. The van der Waals surface area contributed by atoms with Gasteiger partial charge in [-0.2, -0.15) is 0 Å². The Bertz CT molecular complexity index is 234. The fourth-order valence-electron chi connectivity index (χ4n) is 2.09. The summed E-state index contributed by atoms with van der Waals surface area (Å²) in [6.07, 6.45) is 10.6. The Hall–Kier alpha value is -0.920. The van der Waals surface area contributed by atoms with Crippen LogP contribution in [0, 0.1) is 0 Å². The van der Waals surface area contributed by atoms with E-state index in [2.05, 4.69) is 17.1 Å². The number of allylic oxidation sites excluding steroid dienone is 4. The van der Waals surface area contributed by atoms with Crippen LogP contribution in [-0.2, 0) is 0 Å². The number of hydrogen-bond acceptors (Lipinski definition) is 2. The van der Waals surface area contributed by atoms with Crippen molar-refractivity contribution in [2.24, 2.45) is 5.73 Å². The van der Waals surface area contributed by atoms with Crippen molar-refractivity contribution < 1.29 is 0 Å². The molecule has 0 spiro atoms. The van der Waals surface area contributed by atoms with E-state index < -0.39 is 0 Å². The topological polar surface area (TPSA) is 29.3 Å². The molecule has 0 radical (unpaired) electrons. The van der Waals surface area contributed by atoms with E-state index in [1.54, 1.807) is 0 Å². The first kappa shape index (κ1) is 8.67. The van der Waals surface area contributed by atoms with Crippen LogP contribution in [0.15, 0.2) is 23.5 Å². The number of nitrogens with zero attached hydrogens (tertiary/aromatic N) is 1. The molecule has 2 heteroatoms. The molecule has 0 bridgehead atoms. The summed E-state index contributed by atoms with van der Waals surface area (Å²) in [5.74, 6) is 0. The number of likely N-dealkylation sites (tertiary alicyclic amines) is 1. The molecule has 1 heterocycles. The summed E-state index contributed by atoms with van der Waals surface area (Å²) in [5.41, 5.74) is 8.25. The van der Waals surface area contributed by atoms with Crippen molar-refractivity contribution in [2.45, 2.75) is 32.1 Å². The van der Waals surface area contributed by atoms with Crippen molar-refractivity contribution >= 4 is 0 Å². The molecule has 0 atom stereocenters. The normalized spacial score (nSPS) is 23.8. The first-order valence-electron chi connectivity index (χ1n) is 5.26. The average molecular weight is 178 g/mol. The lowest BCUT2D eigenvalue weighted by molar-refractivity contribution is 0.276. The standard InChI is InChI=1S/C11H18N2/c12-10-4-6-11(7-5-10)13-8-2-1-3-9-13/h4,6H,1-3,5,7-9,12H2. The van der Waals surface area contributed by atoms with Gasteiger partial charge in [-0.1, -0.05) is 0 Å². The summed E-state index contributed by atoms with van der Waals surface area (Å²) in [4.78, 5) is 2.52. The van der Waals surface area contributed by atoms with Crippen molar-refractivity contribution in [1.29, 1.82) is 0 Å². The fourth-order valence-corrected chi connectivity index (χ4v) is 2.09. The smallest absolute Gasteiger partial charge is 0.0175 e. The molecule has 1 aliphatic heterocycles. The number of piperidine rings is 1. The molecule has 1 saturated heterocycles. The Kier molecular flexibility index (Phi) is 2.57. The third-order valence-electron chi connectivity index (χ3n) is 2.92. The van der Waals surface area contributed by atoms with Crippen LogP contribution < -0.4 is 5.73 Å². The monoisotopic (exact) mass is 178 g/mol. The maximum Gasteiger partial charge on any atom is 0.0175 e. The minimum absolute atomic E-state index is 1.03. The summed E-state index contributed by atoms with van der Waals surface area (Å²) in [5, 5.41) is 0. The quantitative estimate of drug-likeness (QED) is 0.665. The molecule has 2 N–H and O–H groups in total. The molecule has 2 rings (SSSR count). The second kappa shape index (κ2) is 3.86. The Morgan fingerprint density at radius 3 is 2.38 bits per heavy atom. The van der Waals surface area contributed by atoms with Crippen LogP contribution in [-0.4, -0.2) is 18.0 Å². The van der Waals surface area contributed by atoms with Gasteiger partial charge in [0.15, 0.2) is 0 Å². The average Bonchev–Trinajstić information content (AvgIpc) is 2.20. The summed E-state index contributed by atoms with van der Waals surface area (Å²) in [7, 11) is 0. The molecule has 0 aromatic carbocycles. The predicted octanol–water partition coefficient (Wildman–Crippen LogP) is 1.99. The first-order valence-corrected chi connectivity index (χ1v) is 5.26. The van der Waals surface area contributed by atoms with E-state index in [-0.39, 0.29) is 0 Å². The molecule has 72 valence electrons. The summed E-state index contributed by atoms with van der Waals surface area (Å²) in [6, 6.07) is 0. The second-order valence-electron chi connectivity index (χ2n) is 3.95. The third-order valence-corrected chi connectivity index (χ3v) is 2.92. The predicted molar refractivity (Wildman–Crippen MR) is 55.0 cm³/mol. The third kappa shape index (κ3) is 2.06. The Morgan fingerprint density at radius 2 is 1.77 bits per heavy atom. The minimum atomic E-state index is 1.03. The lowest BCUT2D eigenvalue weighted by Gasteiger charge is -2.32. The van der Waals surface area contributed by atoms with E-state index in [9.17, 15) is 0 Å². The van der Waals surface area contributed by atoms with Gasteiger partial charge in [0.25, 0.3) is 0 Å². The number of nitrogens with two attached hydrogens (primary N) is 1. The van der Waals surface area contributed by atoms with Crippen LogP contribution in [0.3, 0.4) is 0 Å². The highest BCUT2D eigenvalue weighted by Crippen LogP contribution is 2.22. The molecule has 1 fully saturated rings.